The first-order valence-electron chi connectivity index (χ1n) is 3.48. The van der Waals surface area contributed by atoms with E-state index in [-0.39, 0.29) is 5.97 Å². The second-order valence-electron chi connectivity index (χ2n) is 2.38. The first kappa shape index (κ1) is 8.99. The summed E-state index contributed by atoms with van der Waals surface area (Å²) in [6.07, 6.45) is 0. The Balaban J connectivity index is 2.51. The van der Waals surface area contributed by atoms with Crippen LogP contribution in [0.3, 0.4) is 0 Å². The molecule has 13 heavy (non-hydrogen) atoms. The lowest BCUT2D eigenvalue weighted by Gasteiger charge is -1.90. The zero-order valence-corrected chi connectivity index (χ0v) is 9.05. The van der Waals surface area contributed by atoms with Crippen molar-refractivity contribution in [1.29, 1.82) is 0 Å². The smallest absolute Gasteiger partial charge is 0.348 e. The third kappa shape index (κ3) is 1.57. The SMILES string of the molecule is COC(=O)c1cc2sc(Cl)cc2s1. The first-order chi connectivity index (χ1) is 6.20. The van der Waals surface area contributed by atoms with Crippen LogP contribution in [0.15, 0.2) is 12.1 Å². The Bertz CT molecular complexity index is 426. The van der Waals surface area contributed by atoms with Gasteiger partial charge in [0.15, 0.2) is 0 Å². The van der Waals surface area contributed by atoms with Crippen molar-refractivity contribution < 1.29 is 9.53 Å². The van der Waals surface area contributed by atoms with Gasteiger partial charge in [0.1, 0.15) is 4.88 Å². The quantitative estimate of drug-likeness (QED) is 0.705. The van der Waals surface area contributed by atoms with Crippen LogP contribution < -0.4 is 0 Å². The van der Waals surface area contributed by atoms with Gasteiger partial charge in [-0.3, -0.25) is 0 Å². The highest BCUT2D eigenvalue weighted by Crippen LogP contribution is 2.35. The third-order valence-electron chi connectivity index (χ3n) is 1.56. The van der Waals surface area contributed by atoms with Gasteiger partial charge in [-0.1, -0.05) is 11.6 Å². The molecular weight excluding hydrogens is 228 g/mol. The van der Waals surface area contributed by atoms with Crippen molar-refractivity contribution in [3.63, 3.8) is 0 Å². The van der Waals surface area contributed by atoms with E-state index in [4.69, 9.17) is 11.6 Å². The van der Waals surface area contributed by atoms with Gasteiger partial charge in [0, 0.05) is 9.40 Å². The fourth-order valence-electron chi connectivity index (χ4n) is 1.01. The van der Waals surface area contributed by atoms with Crippen LogP contribution in [0.2, 0.25) is 4.34 Å². The molecule has 0 aromatic carbocycles. The minimum absolute atomic E-state index is 0.287. The van der Waals surface area contributed by atoms with Crippen molar-refractivity contribution in [3.8, 4) is 0 Å². The molecule has 0 amide bonds. The highest BCUT2D eigenvalue weighted by molar-refractivity contribution is 7.30. The summed E-state index contributed by atoms with van der Waals surface area (Å²) in [5.41, 5.74) is 0. The third-order valence-corrected chi connectivity index (χ3v) is 3.97. The maximum atomic E-state index is 11.1. The predicted octanol–water partition coefficient (Wildman–Crippen LogP) is 3.40. The van der Waals surface area contributed by atoms with Crippen molar-refractivity contribution in [2.75, 3.05) is 7.11 Å². The number of fused-ring (bicyclic) bond motifs is 1. The number of thiophene rings is 2. The summed E-state index contributed by atoms with van der Waals surface area (Å²) in [4.78, 5) is 11.8. The Labute approximate surface area is 87.7 Å². The van der Waals surface area contributed by atoms with Gasteiger partial charge >= 0.3 is 5.97 Å². The minimum Gasteiger partial charge on any atom is -0.465 e. The molecule has 0 N–H and O–H groups in total. The molecule has 0 saturated heterocycles. The molecule has 0 bridgehead atoms. The number of ether oxygens (including phenoxy) is 1. The first-order valence-corrected chi connectivity index (χ1v) is 5.49. The molecule has 2 aromatic rings. The van der Waals surface area contributed by atoms with E-state index >= 15 is 0 Å². The zero-order valence-electron chi connectivity index (χ0n) is 6.67. The summed E-state index contributed by atoms with van der Waals surface area (Å²) in [6, 6.07) is 3.67. The van der Waals surface area contributed by atoms with Crippen LogP contribution in [0, 0.1) is 0 Å². The molecule has 0 saturated carbocycles. The monoisotopic (exact) mass is 232 g/mol. The van der Waals surface area contributed by atoms with Crippen LogP contribution in [0.5, 0.6) is 0 Å². The number of carbonyl (C=O) groups is 1. The van der Waals surface area contributed by atoms with E-state index < -0.39 is 0 Å². The van der Waals surface area contributed by atoms with Crippen molar-refractivity contribution in [1.82, 2.24) is 0 Å². The second-order valence-corrected chi connectivity index (χ2v) is 5.18. The maximum absolute atomic E-state index is 11.1. The minimum atomic E-state index is -0.287. The number of carbonyl (C=O) groups excluding carboxylic acids is 1. The summed E-state index contributed by atoms with van der Waals surface area (Å²) < 4.78 is 7.43. The standard InChI is InChI=1S/C8H5ClO2S2/c1-11-8(10)6-2-4-5(12-6)3-7(9)13-4/h2-3H,1H3. The van der Waals surface area contributed by atoms with E-state index in [1.807, 2.05) is 12.1 Å². The summed E-state index contributed by atoms with van der Waals surface area (Å²) >= 11 is 8.67. The number of hydrogen-bond donors (Lipinski definition) is 0. The Morgan fingerprint density at radius 3 is 2.69 bits per heavy atom. The van der Waals surface area contributed by atoms with Gasteiger partial charge < -0.3 is 4.74 Å². The summed E-state index contributed by atoms with van der Waals surface area (Å²) in [5, 5.41) is 0. The van der Waals surface area contributed by atoms with Crippen LogP contribution in [0.4, 0.5) is 0 Å². The van der Waals surface area contributed by atoms with E-state index in [0.717, 1.165) is 13.7 Å². The number of esters is 1. The molecule has 2 aromatic heterocycles. The summed E-state index contributed by atoms with van der Waals surface area (Å²) in [5.74, 6) is -0.287. The topological polar surface area (TPSA) is 26.3 Å². The zero-order chi connectivity index (χ0) is 9.42. The van der Waals surface area contributed by atoms with Crippen LogP contribution in [-0.2, 0) is 4.74 Å². The predicted molar refractivity (Wildman–Crippen MR) is 56.1 cm³/mol. The van der Waals surface area contributed by atoms with Crippen LogP contribution in [0.25, 0.3) is 9.40 Å². The van der Waals surface area contributed by atoms with Crippen molar-refractivity contribution >= 4 is 49.6 Å². The largest absolute Gasteiger partial charge is 0.465 e. The molecular formula is C8H5ClO2S2. The van der Waals surface area contributed by atoms with E-state index in [0.29, 0.717) is 4.88 Å². The molecule has 0 unspecified atom stereocenters. The molecule has 0 atom stereocenters. The normalized spacial score (nSPS) is 10.6. The van der Waals surface area contributed by atoms with Gasteiger partial charge in [0.25, 0.3) is 0 Å². The number of hydrogen-bond acceptors (Lipinski definition) is 4. The average molecular weight is 233 g/mol. The van der Waals surface area contributed by atoms with E-state index in [2.05, 4.69) is 4.74 Å². The van der Waals surface area contributed by atoms with Crippen LogP contribution in [-0.4, -0.2) is 13.1 Å². The van der Waals surface area contributed by atoms with Crippen molar-refractivity contribution in [2.24, 2.45) is 0 Å². The van der Waals surface area contributed by atoms with Crippen molar-refractivity contribution in [3.05, 3.63) is 21.3 Å². The molecule has 5 heteroatoms. The number of methoxy groups -OCH3 is 1. The Hall–Kier alpha value is -0.580. The van der Waals surface area contributed by atoms with Gasteiger partial charge in [-0.25, -0.2) is 4.79 Å². The average Bonchev–Trinajstić information content (AvgIpc) is 2.59. The number of halogens is 1. The van der Waals surface area contributed by atoms with Gasteiger partial charge in [0.2, 0.25) is 0 Å². The summed E-state index contributed by atoms with van der Waals surface area (Å²) in [7, 11) is 1.38. The highest BCUT2D eigenvalue weighted by Gasteiger charge is 2.11. The van der Waals surface area contributed by atoms with Gasteiger partial charge in [0.05, 0.1) is 11.4 Å². The van der Waals surface area contributed by atoms with Gasteiger partial charge in [-0.05, 0) is 12.1 Å². The molecule has 2 nitrogen and oxygen atoms in total. The number of rotatable bonds is 1. The molecule has 0 radical (unpaired) electrons. The van der Waals surface area contributed by atoms with Gasteiger partial charge in [-0.15, -0.1) is 22.7 Å². The molecule has 0 aliphatic carbocycles. The molecule has 2 rings (SSSR count). The second kappa shape index (κ2) is 3.29. The maximum Gasteiger partial charge on any atom is 0.348 e. The highest BCUT2D eigenvalue weighted by atomic mass is 35.5. The Morgan fingerprint density at radius 1 is 1.38 bits per heavy atom. The molecule has 0 spiro atoms. The molecule has 0 aliphatic heterocycles. The van der Waals surface area contributed by atoms with Crippen LogP contribution in [0.1, 0.15) is 9.67 Å². The molecule has 0 fully saturated rings. The van der Waals surface area contributed by atoms with E-state index in [1.54, 1.807) is 0 Å². The summed E-state index contributed by atoms with van der Waals surface area (Å²) in [6.45, 7) is 0. The van der Waals surface area contributed by atoms with Crippen LogP contribution >= 0.6 is 34.3 Å². The fraction of sp³-hybridized carbons (Fsp3) is 0.125. The Morgan fingerprint density at radius 2 is 2.08 bits per heavy atom. The van der Waals surface area contributed by atoms with E-state index in [9.17, 15) is 4.79 Å². The van der Waals surface area contributed by atoms with E-state index in [1.165, 1.54) is 29.8 Å². The molecule has 2 heterocycles. The lowest BCUT2D eigenvalue weighted by Crippen LogP contribution is -1.96. The fourth-order valence-corrected chi connectivity index (χ4v) is 3.47. The molecule has 68 valence electrons. The van der Waals surface area contributed by atoms with Crippen molar-refractivity contribution in [2.45, 2.75) is 0 Å². The lowest BCUT2D eigenvalue weighted by atomic mass is 10.4. The lowest BCUT2D eigenvalue weighted by molar-refractivity contribution is 0.0606. The molecule has 0 aliphatic rings. The van der Waals surface area contributed by atoms with Gasteiger partial charge in [-0.2, -0.15) is 0 Å². The Kier molecular flexibility index (Phi) is 2.27.